The van der Waals surface area contributed by atoms with Crippen LogP contribution < -0.4 is 4.90 Å². The summed E-state index contributed by atoms with van der Waals surface area (Å²) in [6, 6.07) is 71.3. The normalized spacial score (nSPS) is 14.4. The zero-order valence-corrected chi connectivity index (χ0v) is 36.1. The van der Waals surface area contributed by atoms with E-state index in [-0.39, 0.29) is 10.8 Å². The van der Waals surface area contributed by atoms with Crippen LogP contribution in [-0.4, -0.2) is 0 Å². The molecule has 0 spiro atoms. The van der Waals surface area contributed by atoms with Crippen LogP contribution in [0, 0.1) is 0 Å². The molecule has 0 amide bonds. The van der Waals surface area contributed by atoms with Gasteiger partial charge in [0.1, 0.15) is 0 Å². The summed E-state index contributed by atoms with van der Waals surface area (Å²) in [7, 11) is 0. The van der Waals surface area contributed by atoms with Gasteiger partial charge in [-0.1, -0.05) is 173 Å². The van der Waals surface area contributed by atoms with Crippen LogP contribution in [0.25, 0.3) is 85.9 Å². The van der Waals surface area contributed by atoms with Crippen LogP contribution in [0.4, 0.5) is 17.1 Å². The first-order valence-electron chi connectivity index (χ1n) is 21.8. The standard InChI is InChI=1S/C60H43NS/c1-59(2)49-24-13-10-22-46(49)58-50(59)25-15-26-52(58)61(37-29-30-42-41-19-9-12-23-48(41)60(3,4)51(42)35-37)53-32-31-45-40-18-6-5-16-38(40)39-17-7-8-21-44(39)57(45)56(53)36-28-33-55-47(34-36)43-20-11-14-27-54(43)62-55/h5-35H,1-4H3. The Morgan fingerprint density at radius 1 is 0.355 bits per heavy atom. The van der Waals surface area contributed by atoms with Crippen molar-refractivity contribution in [2.24, 2.45) is 0 Å². The van der Waals surface area contributed by atoms with E-state index in [1.165, 1.54) is 119 Å². The molecule has 0 radical (unpaired) electrons. The van der Waals surface area contributed by atoms with E-state index in [0.717, 1.165) is 5.69 Å². The second kappa shape index (κ2) is 12.8. The van der Waals surface area contributed by atoms with Crippen LogP contribution in [0.2, 0.25) is 0 Å². The Morgan fingerprint density at radius 2 is 0.903 bits per heavy atom. The van der Waals surface area contributed by atoms with Crippen molar-refractivity contribution in [1.82, 2.24) is 0 Å². The Hall–Kier alpha value is -7.00. The molecule has 1 heterocycles. The fraction of sp³-hybridized carbons (Fsp3) is 0.100. The van der Waals surface area contributed by atoms with E-state index in [0.29, 0.717) is 0 Å². The molecule has 10 aromatic carbocycles. The highest BCUT2D eigenvalue weighted by molar-refractivity contribution is 7.25. The molecule has 13 rings (SSSR count). The smallest absolute Gasteiger partial charge is 0.0546 e. The Morgan fingerprint density at radius 3 is 1.68 bits per heavy atom. The highest BCUT2D eigenvalue weighted by Crippen LogP contribution is 2.58. The average Bonchev–Trinajstić information content (AvgIpc) is 3.88. The predicted octanol–water partition coefficient (Wildman–Crippen LogP) is 17.3. The third-order valence-electron chi connectivity index (χ3n) is 14.4. The zero-order chi connectivity index (χ0) is 41.5. The molecule has 1 aromatic heterocycles. The summed E-state index contributed by atoms with van der Waals surface area (Å²) in [6.07, 6.45) is 0. The van der Waals surface area contributed by atoms with E-state index < -0.39 is 0 Å². The zero-order valence-electron chi connectivity index (χ0n) is 35.3. The molecular weight excluding hydrogens is 767 g/mol. The monoisotopic (exact) mass is 809 g/mol. The number of hydrogen-bond donors (Lipinski definition) is 0. The molecule has 1 nitrogen and oxygen atoms in total. The minimum atomic E-state index is -0.160. The quantitative estimate of drug-likeness (QED) is 0.160. The molecule has 2 aliphatic rings. The van der Waals surface area contributed by atoms with E-state index in [1.54, 1.807) is 0 Å². The fourth-order valence-corrected chi connectivity index (χ4v) is 12.6. The average molecular weight is 810 g/mol. The van der Waals surface area contributed by atoms with E-state index in [1.807, 2.05) is 11.3 Å². The Labute approximate surface area is 366 Å². The van der Waals surface area contributed by atoms with Gasteiger partial charge in [-0.3, -0.25) is 0 Å². The van der Waals surface area contributed by atoms with Crippen LogP contribution in [0.1, 0.15) is 49.9 Å². The van der Waals surface area contributed by atoms with Crippen LogP contribution in [0.5, 0.6) is 0 Å². The lowest BCUT2D eigenvalue weighted by atomic mass is 9.82. The van der Waals surface area contributed by atoms with Gasteiger partial charge in [-0.25, -0.2) is 0 Å². The molecule has 62 heavy (non-hydrogen) atoms. The minimum Gasteiger partial charge on any atom is -0.309 e. The summed E-state index contributed by atoms with van der Waals surface area (Å²) in [6.45, 7) is 9.56. The summed E-state index contributed by atoms with van der Waals surface area (Å²) >= 11 is 1.88. The second-order valence-electron chi connectivity index (χ2n) is 18.4. The molecule has 0 unspecified atom stereocenters. The number of nitrogens with zero attached hydrogens (tertiary/aromatic N) is 1. The van der Waals surface area contributed by atoms with E-state index >= 15 is 0 Å². The molecule has 0 N–H and O–H groups in total. The topological polar surface area (TPSA) is 3.24 Å². The lowest BCUT2D eigenvalue weighted by Gasteiger charge is -2.32. The van der Waals surface area contributed by atoms with E-state index in [4.69, 9.17) is 0 Å². The first kappa shape index (κ1) is 35.7. The largest absolute Gasteiger partial charge is 0.309 e. The highest BCUT2D eigenvalue weighted by Gasteiger charge is 2.40. The molecule has 0 bridgehead atoms. The Bertz CT molecular complexity index is 3680. The van der Waals surface area contributed by atoms with Crippen molar-refractivity contribution in [2.75, 3.05) is 4.90 Å². The fourth-order valence-electron chi connectivity index (χ4n) is 11.5. The van der Waals surface area contributed by atoms with Crippen LogP contribution in [0.3, 0.4) is 0 Å². The number of fused-ring (bicyclic) bond motifs is 15. The number of thiophene rings is 1. The van der Waals surface area contributed by atoms with Crippen molar-refractivity contribution in [2.45, 2.75) is 38.5 Å². The third-order valence-corrected chi connectivity index (χ3v) is 15.6. The predicted molar refractivity (Wildman–Crippen MR) is 267 cm³/mol. The number of hydrogen-bond acceptors (Lipinski definition) is 2. The lowest BCUT2D eigenvalue weighted by molar-refractivity contribution is 0.660. The third kappa shape index (κ3) is 4.79. The van der Waals surface area contributed by atoms with Crippen molar-refractivity contribution >= 4 is 80.9 Å². The maximum atomic E-state index is 2.62. The number of benzene rings is 10. The van der Waals surface area contributed by atoms with Gasteiger partial charge in [0.05, 0.1) is 11.4 Å². The molecule has 294 valence electrons. The summed E-state index contributed by atoms with van der Waals surface area (Å²) in [5.74, 6) is 0. The van der Waals surface area contributed by atoms with E-state index in [9.17, 15) is 0 Å². The minimum absolute atomic E-state index is 0.151. The summed E-state index contributed by atoms with van der Waals surface area (Å²) < 4.78 is 2.63. The first-order valence-corrected chi connectivity index (χ1v) is 22.7. The van der Waals surface area contributed by atoms with Crippen molar-refractivity contribution in [3.05, 3.63) is 210 Å². The molecule has 0 saturated carbocycles. The van der Waals surface area contributed by atoms with Gasteiger partial charge in [0.15, 0.2) is 0 Å². The molecule has 0 atom stereocenters. The highest BCUT2D eigenvalue weighted by atomic mass is 32.1. The number of rotatable bonds is 4. The lowest BCUT2D eigenvalue weighted by Crippen LogP contribution is -2.18. The second-order valence-corrected chi connectivity index (χ2v) is 19.5. The maximum absolute atomic E-state index is 2.62. The molecule has 0 fully saturated rings. The summed E-state index contributed by atoms with van der Waals surface area (Å²) in [5, 5.41) is 10.3. The Balaban J connectivity index is 1.20. The van der Waals surface area contributed by atoms with Crippen LogP contribution >= 0.6 is 11.3 Å². The van der Waals surface area contributed by atoms with Gasteiger partial charge in [0.25, 0.3) is 0 Å². The van der Waals surface area contributed by atoms with Gasteiger partial charge in [-0.05, 0) is 114 Å². The molecule has 0 aliphatic heterocycles. The number of anilines is 3. The molecular formula is C60H43NS. The van der Waals surface area contributed by atoms with E-state index in [2.05, 4.69) is 221 Å². The Kier molecular flexibility index (Phi) is 7.36. The molecule has 2 heteroatoms. The van der Waals surface area contributed by atoms with Gasteiger partial charge in [0, 0.05) is 53.2 Å². The van der Waals surface area contributed by atoms with Gasteiger partial charge >= 0.3 is 0 Å². The first-order chi connectivity index (χ1) is 30.3. The summed E-state index contributed by atoms with van der Waals surface area (Å²) in [4.78, 5) is 2.62. The van der Waals surface area contributed by atoms with Gasteiger partial charge in [-0.15, -0.1) is 11.3 Å². The molecule has 2 aliphatic carbocycles. The summed E-state index contributed by atoms with van der Waals surface area (Å²) in [5.41, 5.74) is 16.4. The van der Waals surface area contributed by atoms with Gasteiger partial charge in [0.2, 0.25) is 0 Å². The van der Waals surface area contributed by atoms with Crippen LogP contribution in [-0.2, 0) is 10.8 Å². The van der Waals surface area contributed by atoms with Gasteiger partial charge < -0.3 is 4.90 Å². The van der Waals surface area contributed by atoms with Crippen molar-refractivity contribution in [3.8, 4) is 33.4 Å². The maximum Gasteiger partial charge on any atom is 0.0546 e. The van der Waals surface area contributed by atoms with Crippen molar-refractivity contribution < 1.29 is 0 Å². The van der Waals surface area contributed by atoms with Gasteiger partial charge in [-0.2, -0.15) is 0 Å². The van der Waals surface area contributed by atoms with Crippen LogP contribution in [0.15, 0.2) is 188 Å². The molecule has 11 aromatic rings. The van der Waals surface area contributed by atoms with Crippen molar-refractivity contribution in [1.29, 1.82) is 0 Å². The molecule has 0 saturated heterocycles. The SMILES string of the molecule is CC1(C)c2ccccc2-c2ccc(N(c3cccc4c3-c3ccccc3C4(C)C)c3ccc4c5ccccc5c5ccccc5c4c3-c3ccc4sc5ccccc5c4c3)cc21. The van der Waals surface area contributed by atoms with Crippen molar-refractivity contribution in [3.63, 3.8) is 0 Å².